The number of hydrogen-bond acceptors (Lipinski definition) is 5. The normalized spacial score (nSPS) is 26.5. The van der Waals surface area contributed by atoms with E-state index in [1.165, 1.54) is 36.1 Å². The second-order valence-electron chi connectivity index (χ2n) is 6.24. The Labute approximate surface area is 126 Å². The molecule has 0 bridgehead atoms. The van der Waals surface area contributed by atoms with Gasteiger partial charge in [0, 0.05) is 41.0 Å². The van der Waals surface area contributed by atoms with Crippen molar-refractivity contribution in [3.63, 3.8) is 0 Å². The van der Waals surface area contributed by atoms with Gasteiger partial charge in [-0.25, -0.2) is 0 Å². The van der Waals surface area contributed by atoms with Crippen molar-refractivity contribution in [3.05, 3.63) is 0 Å². The molecule has 112 valence electrons. The maximum atomic E-state index is 9.78. The highest BCUT2D eigenvalue weighted by Gasteiger charge is 2.36. The van der Waals surface area contributed by atoms with Gasteiger partial charge in [-0.05, 0) is 40.0 Å². The summed E-state index contributed by atoms with van der Waals surface area (Å²) >= 11 is 4.23. The minimum atomic E-state index is 0.144. The van der Waals surface area contributed by atoms with Gasteiger partial charge in [-0.1, -0.05) is 0 Å². The Balaban J connectivity index is 1.86. The summed E-state index contributed by atoms with van der Waals surface area (Å²) in [7, 11) is 4.23. The molecule has 0 spiro atoms. The molecule has 0 aliphatic carbocycles. The van der Waals surface area contributed by atoms with Crippen LogP contribution >= 0.6 is 23.5 Å². The van der Waals surface area contributed by atoms with Gasteiger partial charge < -0.3 is 10.0 Å². The van der Waals surface area contributed by atoms with Gasteiger partial charge in [-0.15, -0.1) is 0 Å². The van der Waals surface area contributed by atoms with Gasteiger partial charge in [-0.2, -0.15) is 23.5 Å². The summed E-state index contributed by atoms with van der Waals surface area (Å²) in [6.45, 7) is 3.69. The van der Waals surface area contributed by atoms with Crippen molar-refractivity contribution in [2.45, 2.75) is 18.9 Å². The maximum Gasteiger partial charge on any atom is 0.0500 e. The maximum absolute atomic E-state index is 9.78. The number of thioether (sulfide) groups is 2. The van der Waals surface area contributed by atoms with E-state index in [9.17, 15) is 5.11 Å². The molecule has 2 saturated heterocycles. The molecule has 0 amide bonds. The van der Waals surface area contributed by atoms with E-state index < -0.39 is 0 Å². The van der Waals surface area contributed by atoms with Gasteiger partial charge in [0.15, 0.2) is 0 Å². The Bertz CT molecular complexity index is 260. The van der Waals surface area contributed by atoms with E-state index in [4.69, 9.17) is 0 Å². The average molecular weight is 305 g/mol. The van der Waals surface area contributed by atoms with E-state index in [1.807, 2.05) is 0 Å². The summed E-state index contributed by atoms with van der Waals surface area (Å²) in [4.78, 5) is 4.90. The third-order valence-electron chi connectivity index (χ3n) is 4.35. The van der Waals surface area contributed by atoms with Crippen LogP contribution in [0.25, 0.3) is 0 Å². The van der Waals surface area contributed by atoms with Crippen molar-refractivity contribution in [3.8, 4) is 0 Å². The molecule has 1 N–H and O–H groups in total. The lowest BCUT2D eigenvalue weighted by Gasteiger charge is -2.44. The molecule has 2 aliphatic rings. The van der Waals surface area contributed by atoms with Crippen LogP contribution in [-0.2, 0) is 0 Å². The molecule has 0 unspecified atom stereocenters. The summed E-state index contributed by atoms with van der Waals surface area (Å²) in [5.74, 6) is 5.23. The zero-order chi connectivity index (χ0) is 13.7. The summed E-state index contributed by atoms with van der Waals surface area (Å²) in [6.07, 6.45) is 2.29. The van der Waals surface area contributed by atoms with Crippen LogP contribution in [0.2, 0.25) is 0 Å². The summed E-state index contributed by atoms with van der Waals surface area (Å²) in [6, 6.07) is 0.758. The molecule has 3 nitrogen and oxygen atoms in total. The monoisotopic (exact) mass is 304 g/mol. The van der Waals surface area contributed by atoms with Crippen molar-refractivity contribution in [1.82, 2.24) is 9.80 Å². The van der Waals surface area contributed by atoms with E-state index in [0.717, 1.165) is 25.4 Å². The fourth-order valence-electron chi connectivity index (χ4n) is 3.22. The van der Waals surface area contributed by atoms with Crippen LogP contribution in [-0.4, -0.2) is 84.3 Å². The Hall–Kier alpha value is 0.580. The number of likely N-dealkylation sites (tertiary alicyclic amines) is 1. The molecular weight excluding hydrogens is 276 g/mol. The molecule has 2 heterocycles. The Kier molecular flexibility index (Phi) is 6.34. The SMILES string of the molecule is CN(C)CC1(CO)CCN(C2CSCCSC2)CC1. The van der Waals surface area contributed by atoms with Crippen LogP contribution in [0.5, 0.6) is 0 Å². The minimum Gasteiger partial charge on any atom is -0.396 e. The Morgan fingerprint density at radius 1 is 1.16 bits per heavy atom. The zero-order valence-electron chi connectivity index (χ0n) is 12.3. The second-order valence-corrected chi connectivity index (χ2v) is 8.54. The van der Waals surface area contributed by atoms with Crippen LogP contribution in [0.15, 0.2) is 0 Å². The molecule has 2 fully saturated rings. The van der Waals surface area contributed by atoms with Gasteiger partial charge in [0.05, 0.1) is 6.61 Å². The van der Waals surface area contributed by atoms with E-state index >= 15 is 0 Å². The highest BCUT2D eigenvalue weighted by atomic mass is 32.2. The Morgan fingerprint density at radius 2 is 1.74 bits per heavy atom. The third-order valence-corrected chi connectivity index (χ3v) is 6.84. The van der Waals surface area contributed by atoms with Gasteiger partial charge in [0.1, 0.15) is 0 Å². The standard InChI is InChI=1S/C14H28N2OS2/c1-15(2)11-14(12-17)3-5-16(6-4-14)13-9-18-7-8-19-10-13/h13,17H,3-12H2,1-2H3. The topological polar surface area (TPSA) is 26.7 Å². The molecule has 0 aromatic rings. The largest absolute Gasteiger partial charge is 0.396 e. The first kappa shape index (κ1) is 16.0. The van der Waals surface area contributed by atoms with Crippen molar-refractivity contribution in [2.24, 2.45) is 5.41 Å². The fourth-order valence-corrected chi connectivity index (χ4v) is 5.84. The molecule has 0 aromatic carbocycles. The van der Waals surface area contributed by atoms with Crippen molar-refractivity contribution in [1.29, 1.82) is 0 Å². The van der Waals surface area contributed by atoms with E-state index in [-0.39, 0.29) is 5.41 Å². The van der Waals surface area contributed by atoms with Gasteiger partial charge >= 0.3 is 0 Å². The van der Waals surface area contributed by atoms with Gasteiger partial charge in [-0.3, -0.25) is 4.90 Å². The molecule has 2 aliphatic heterocycles. The van der Waals surface area contributed by atoms with Crippen molar-refractivity contribution < 1.29 is 5.11 Å². The average Bonchev–Trinajstić information content (AvgIpc) is 2.68. The number of aliphatic hydroxyl groups is 1. The Morgan fingerprint density at radius 3 is 2.21 bits per heavy atom. The summed E-state index contributed by atoms with van der Waals surface area (Å²) in [5.41, 5.74) is 0.144. The van der Waals surface area contributed by atoms with E-state index in [2.05, 4.69) is 47.4 Å². The van der Waals surface area contributed by atoms with Gasteiger partial charge in [0.25, 0.3) is 0 Å². The highest BCUT2D eigenvalue weighted by Crippen LogP contribution is 2.33. The first-order chi connectivity index (χ1) is 9.15. The summed E-state index contributed by atoms with van der Waals surface area (Å²) in [5, 5.41) is 9.78. The zero-order valence-corrected chi connectivity index (χ0v) is 13.9. The number of rotatable bonds is 4. The summed E-state index contributed by atoms with van der Waals surface area (Å²) < 4.78 is 0. The quantitative estimate of drug-likeness (QED) is 0.849. The number of nitrogens with zero attached hydrogens (tertiary/aromatic N) is 2. The predicted molar refractivity (Wildman–Crippen MR) is 87.3 cm³/mol. The first-order valence-corrected chi connectivity index (χ1v) is 9.61. The molecule has 0 atom stereocenters. The van der Waals surface area contributed by atoms with Crippen LogP contribution in [0.4, 0.5) is 0 Å². The van der Waals surface area contributed by atoms with E-state index in [1.54, 1.807) is 0 Å². The first-order valence-electron chi connectivity index (χ1n) is 7.30. The lowest BCUT2D eigenvalue weighted by molar-refractivity contribution is 0.0164. The number of aliphatic hydroxyl groups excluding tert-OH is 1. The fraction of sp³-hybridized carbons (Fsp3) is 1.00. The van der Waals surface area contributed by atoms with Crippen molar-refractivity contribution in [2.75, 3.05) is 63.3 Å². The lowest BCUT2D eigenvalue weighted by atomic mass is 9.78. The molecule has 0 saturated carbocycles. The smallest absolute Gasteiger partial charge is 0.0500 e. The van der Waals surface area contributed by atoms with Crippen molar-refractivity contribution >= 4 is 23.5 Å². The predicted octanol–water partition coefficient (Wildman–Crippen LogP) is 1.47. The van der Waals surface area contributed by atoms with Crippen LogP contribution in [0.1, 0.15) is 12.8 Å². The van der Waals surface area contributed by atoms with Crippen LogP contribution in [0, 0.1) is 5.41 Å². The molecule has 5 heteroatoms. The molecular formula is C14H28N2OS2. The molecule has 2 rings (SSSR count). The van der Waals surface area contributed by atoms with E-state index in [0.29, 0.717) is 6.61 Å². The molecule has 0 radical (unpaired) electrons. The van der Waals surface area contributed by atoms with Gasteiger partial charge in [0.2, 0.25) is 0 Å². The van der Waals surface area contributed by atoms with Crippen LogP contribution in [0.3, 0.4) is 0 Å². The second kappa shape index (κ2) is 7.55. The molecule has 19 heavy (non-hydrogen) atoms. The number of hydrogen-bond donors (Lipinski definition) is 1. The lowest BCUT2D eigenvalue weighted by Crippen LogP contribution is -2.51. The third kappa shape index (κ3) is 4.53. The highest BCUT2D eigenvalue weighted by molar-refractivity contribution is 8.03. The number of piperidine rings is 1. The molecule has 0 aromatic heterocycles. The minimum absolute atomic E-state index is 0.144. The van der Waals surface area contributed by atoms with Crippen LogP contribution < -0.4 is 0 Å².